The third-order valence-electron chi connectivity index (χ3n) is 4.85. The second-order valence-electron chi connectivity index (χ2n) is 6.30. The van der Waals surface area contributed by atoms with Crippen molar-refractivity contribution in [1.29, 1.82) is 0 Å². The molecule has 2 rings (SSSR count). The minimum Gasteiger partial charge on any atom is -0.329 e. The summed E-state index contributed by atoms with van der Waals surface area (Å²) in [6.07, 6.45) is 3.48. The number of hydrogen-bond acceptors (Lipinski definition) is 3. The van der Waals surface area contributed by atoms with Crippen LogP contribution in [0.2, 0.25) is 0 Å². The Hall–Kier alpha value is -1.04. The Morgan fingerprint density at radius 2 is 1.90 bits per heavy atom. The largest absolute Gasteiger partial charge is 0.329 e. The van der Waals surface area contributed by atoms with E-state index < -0.39 is 11.6 Å². The van der Waals surface area contributed by atoms with E-state index in [-0.39, 0.29) is 18.1 Å². The fraction of sp³-hybridized carbons (Fsp3) is 0.625. The first-order valence-corrected chi connectivity index (χ1v) is 7.42. The van der Waals surface area contributed by atoms with Gasteiger partial charge in [0.25, 0.3) is 0 Å². The number of hydrogen-bond donors (Lipinski definition) is 1. The molecule has 1 aromatic carbocycles. The van der Waals surface area contributed by atoms with Gasteiger partial charge in [-0.3, -0.25) is 4.90 Å². The van der Waals surface area contributed by atoms with Gasteiger partial charge in [-0.25, -0.2) is 8.78 Å². The lowest BCUT2D eigenvalue weighted by atomic mass is 9.75. The van der Waals surface area contributed by atoms with Crippen LogP contribution in [0.15, 0.2) is 18.2 Å². The Morgan fingerprint density at radius 3 is 2.38 bits per heavy atom. The summed E-state index contributed by atoms with van der Waals surface area (Å²) >= 11 is 0. The first-order valence-electron chi connectivity index (χ1n) is 7.42. The van der Waals surface area contributed by atoms with Crippen molar-refractivity contribution in [3.05, 3.63) is 35.4 Å². The molecule has 1 aromatic rings. The minimum atomic E-state index is -0.427. The van der Waals surface area contributed by atoms with Gasteiger partial charge in [-0.05, 0) is 58.6 Å². The first kappa shape index (κ1) is 16.3. The standard InChI is InChI=1S/C16H25F2N3/c1-20(2)16(7-4-8-16)11-21(3)15(10-19)13-9-12(17)5-6-14(13)18/h5-6,9,15H,4,7-8,10-11,19H2,1-3H3. The molecule has 0 bridgehead atoms. The fourth-order valence-corrected chi connectivity index (χ4v) is 3.22. The molecule has 1 aliphatic carbocycles. The molecule has 0 aromatic heterocycles. The van der Waals surface area contributed by atoms with Gasteiger partial charge in [0.1, 0.15) is 11.6 Å². The van der Waals surface area contributed by atoms with E-state index in [9.17, 15) is 8.78 Å². The van der Waals surface area contributed by atoms with Gasteiger partial charge in [0.2, 0.25) is 0 Å². The summed E-state index contributed by atoms with van der Waals surface area (Å²) in [6.45, 7) is 1.07. The number of nitrogens with two attached hydrogens (primary N) is 1. The maximum absolute atomic E-state index is 14.0. The van der Waals surface area contributed by atoms with Gasteiger partial charge >= 0.3 is 0 Å². The highest BCUT2D eigenvalue weighted by atomic mass is 19.1. The van der Waals surface area contributed by atoms with E-state index in [1.54, 1.807) is 0 Å². The monoisotopic (exact) mass is 297 g/mol. The Kier molecular flexibility index (Phi) is 4.96. The molecule has 0 amide bonds. The minimum absolute atomic E-state index is 0.131. The van der Waals surface area contributed by atoms with Gasteiger partial charge in [0.15, 0.2) is 0 Å². The van der Waals surface area contributed by atoms with Crippen LogP contribution in [0.25, 0.3) is 0 Å². The predicted octanol–water partition coefficient (Wildman–Crippen LogP) is 2.38. The van der Waals surface area contributed by atoms with Gasteiger partial charge in [-0.15, -0.1) is 0 Å². The zero-order chi connectivity index (χ0) is 15.6. The van der Waals surface area contributed by atoms with Crippen molar-refractivity contribution < 1.29 is 8.78 Å². The van der Waals surface area contributed by atoms with Crippen LogP contribution in [-0.2, 0) is 0 Å². The van der Waals surface area contributed by atoms with Crippen molar-refractivity contribution >= 4 is 0 Å². The van der Waals surface area contributed by atoms with E-state index in [2.05, 4.69) is 23.9 Å². The molecule has 1 unspecified atom stereocenters. The molecular formula is C16H25F2N3. The molecule has 1 fully saturated rings. The molecule has 1 aliphatic rings. The van der Waals surface area contributed by atoms with E-state index in [4.69, 9.17) is 5.73 Å². The summed E-state index contributed by atoms with van der Waals surface area (Å²) in [5.41, 5.74) is 6.31. The van der Waals surface area contributed by atoms with Gasteiger partial charge in [-0.2, -0.15) is 0 Å². The van der Waals surface area contributed by atoms with E-state index in [0.717, 1.165) is 25.5 Å². The van der Waals surface area contributed by atoms with Crippen molar-refractivity contribution in [2.45, 2.75) is 30.8 Å². The molecule has 0 spiro atoms. The van der Waals surface area contributed by atoms with Crippen molar-refractivity contribution in [1.82, 2.24) is 9.80 Å². The van der Waals surface area contributed by atoms with Crippen LogP contribution in [0.4, 0.5) is 8.78 Å². The molecule has 0 radical (unpaired) electrons. The molecule has 21 heavy (non-hydrogen) atoms. The zero-order valence-electron chi connectivity index (χ0n) is 13.1. The summed E-state index contributed by atoms with van der Waals surface area (Å²) < 4.78 is 27.4. The highest BCUT2D eigenvalue weighted by Gasteiger charge is 2.41. The average molecular weight is 297 g/mol. The van der Waals surface area contributed by atoms with Crippen LogP contribution in [-0.4, -0.2) is 49.6 Å². The lowest BCUT2D eigenvalue weighted by Crippen LogP contribution is -2.57. The van der Waals surface area contributed by atoms with E-state index in [0.29, 0.717) is 5.56 Å². The van der Waals surface area contributed by atoms with Crippen LogP contribution in [0, 0.1) is 11.6 Å². The second kappa shape index (κ2) is 6.38. The van der Waals surface area contributed by atoms with Crippen LogP contribution < -0.4 is 5.73 Å². The number of halogens is 2. The van der Waals surface area contributed by atoms with Gasteiger partial charge in [-0.1, -0.05) is 0 Å². The predicted molar refractivity (Wildman–Crippen MR) is 81.1 cm³/mol. The van der Waals surface area contributed by atoms with Crippen LogP contribution >= 0.6 is 0 Å². The average Bonchev–Trinajstić information content (AvgIpc) is 2.38. The van der Waals surface area contributed by atoms with Crippen LogP contribution in [0.5, 0.6) is 0 Å². The molecule has 3 nitrogen and oxygen atoms in total. The molecule has 0 saturated heterocycles. The fourth-order valence-electron chi connectivity index (χ4n) is 3.22. The molecule has 2 N–H and O–H groups in total. The van der Waals surface area contributed by atoms with Crippen molar-refractivity contribution in [3.8, 4) is 0 Å². The molecule has 0 heterocycles. The summed E-state index contributed by atoms with van der Waals surface area (Å²) in [4.78, 5) is 4.29. The zero-order valence-corrected chi connectivity index (χ0v) is 13.1. The number of rotatable bonds is 6. The summed E-state index contributed by atoms with van der Waals surface area (Å²) in [5.74, 6) is -0.824. The number of likely N-dealkylation sites (N-methyl/N-ethyl adjacent to an activating group) is 2. The van der Waals surface area contributed by atoms with Gasteiger partial charge < -0.3 is 10.6 Å². The Bertz CT molecular complexity index is 486. The van der Waals surface area contributed by atoms with Crippen LogP contribution in [0.3, 0.4) is 0 Å². The van der Waals surface area contributed by atoms with Crippen LogP contribution in [0.1, 0.15) is 30.9 Å². The third kappa shape index (κ3) is 3.25. The van der Waals surface area contributed by atoms with Crippen molar-refractivity contribution in [3.63, 3.8) is 0 Å². The molecule has 118 valence electrons. The topological polar surface area (TPSA) is 32.5 Å². The summed E-state index contributed by atoms with van der Waals surface area (Å²) in [5, 5.41) is 0. The SMILES string of the molecule is CN(CC1(N(C)C)CCC1)C(CN)c1cc(F)ccc1F. The highest BCUT2D eigenvalue weighted by molar-refractivity contribution is 5.23. The molecule has 0 aliphatic heterocycles. The lowest BCUT2D eigenvalue weighted by molar-refractivity contribution is 0.0163. The van der Waals surface area contributed by atoms with E-state index in [1.165, 1.54) is 18.6 Å². The van der Waals surface area contributed by atoms with Crippen molar-refractivity contribution in [2.24, 2.45) is 5.73 Å². The summed E-state index contributed by atoms with van der Waals surface area (Å²) in [6, 6.07) is 3.26. The first-order chi connectivity index (χ1) is 9.89. The highest BCUT2D eigenvalue weighted by Crippen LogP contribution is 2.38. The molecule has 5 heteroatoms. The number of nitrogens with zero attached hydrogens (tertiary/aromatic N) is 2. The smallest absolute Gasteiger partial charge is 0.128 e. The maximum atomic E-state index is 14.0. The summed E-state index contributed by atoms with van der Waals surface area (Å²) in [7, 11) is 6.09. The quantitative estimate of drug-likeness (QED) is 0.875. The third-order valence-corrected chi connectivity index (χ3v) is 4.85. The Balaban J connectivity index is 2.19. The Morgan fingerprint density at radius 1 is 1.24 bits per heavy atom. The van der Waals surface area contributed by atoms with Gasteiger partial charge in [0.05, 0.1) is 0 Å². The Labute approximate surface area is 125 Å². The molecule has 1 saturated carbocycles. The van der Waals surface area contributed by atoms with E-state index >= 15 is 0 Å². The lowest BCUT2D eigenvalue weighted by Gasteiger charge is -2.50. The normalized spacial score (nSPS) is 18.9. The maximum Gasteiger partial charge on any atom is 0.128 e. The van der Waals surface area contributed by atoms with Gasteiger partial charge in [0, 0.05) is 30.2 Å². The van der Waals surface area contributed by atoms with E-state index in [1.807, 2.05) is 7.05 Å². The molecule has 1 atom stereocenters. The molecular weight excluding hydrogens is 272 g/mol. The number of benzene rings is 1. The van der Waals surface area contributed by atoms with Crippen molar-refractivity contribution in [2.75, 3.05) is 34.2 Å². The second-order valence-corrected chi connectivity index (χ2v) is 6.30.